The van der Waals surface area contributed by atoms with Crippen molar-refractivity contribution in [1.29, 1.82) is 0 Å². The molecule has 6 heteroatoms. The molecule has 0 aliphatic carbocycles. The highest BCUT2D eigenvalue weighted by Crippen LogP contribution is 2.22. The Morgan fingerprint density at radius 2 is 1.91 bits per heavy atom. The summed E-state index contributed by atoms with van der Waals surface area (Å²) < 4.78 is 5.78. The molecule has 0 saturated carbocycles. The van der Waals surface area contributed by atoms with E-state index in [-0.39, 0.29) is 5.91 Å². The van der Waals surface area contributed by atoms with Crippen LogP contribution >= 0.6 is 0 Å². The van der Waals surface area contributed by atoms with E-state index in [1.165, 1.54) is 0 Å². The van der Waals surface area contributed by atoms with Crippen LogP contribution in [-0.4, -0.2) is 58.6 Å². The molecule has 122 valence electrons. The standard InChI is InChI=1S/C17H21N3O3/c1-13-15(18-17(23-13)14-5-3-2-4-6-14)11-19-7-9-20(10-8-19)16(22)12-21/h2-6,21H,7-12H2,1H3. The largest absolute Gasteiger partial charge is 0.441 e. The Morgan fingerprint density at radius 1 is 1.22 bits per heavy atom. The number of hydrogen-bond donors (Lipinski definition) is 1. The molecule has 0 atom stereocenters. The van der Waals surface area contributed by atoms with Gasteiger partial charge in [-0.05, 0) is 19.1 Å². The van der Waals surface area contributed by atoms with E-state index < -0.39 is 6.61 Å². The fourth-order valence-corrected chi connectivity index (χ4v) is 2.75. The summed E-state index contributed by atoms with van der Waals surface area (Å²) in [6, 6.07) is 9.86. The molecule has 1 aromatic heterocycles. The van der Waals surface area contributed by atoms with Gasteiger partial charge in [-0.15, -0.1) is 0 Å². The summed E-state index contributed by atoms with van der Waals surface area (Å²) >= 11 is 0. The van der Waals surface area contributed by atoms with Crippen molar-refractivity contribution in [3.8, 4) is 11.5 Å². The van der Waals surface area contributed by atoms with Crippen molar-refractivity contribution < 1.29 is 14.3 Å². The van der Waals surface area contributed by atoms with Crippen molar-refractivity contribution in [1.82, 2.24) is 14.8 Å². The number of piperazine rings is 1. The van der Waals surface area contributed by atoms with E-state index in [0.717, 1.165) is 30.1 Å². The first-order valence-corrected chi connectivity index (χ1v) is 7.80. The number of aliphatic hydroxyl groups excluding tert-OH is 1. The third-order valence-corrected chi connectivity index (χ3v) is 4.15. The highest BCUT2D eigenvalue weighted by molar-refractivity contribution is 5.77. The van der Waals surface area contributed by atoms with Crippen molar-refractivity contribution >= 4 is 5.91 Å². The fraction of sp³-hybridized carbons (Fsp3) is 0.412. The van der Waals surface area contributed by atoms with Gasteiger partial charge in [-0.2, -0.15) is 0 Å². The molecular formula is C17H21N3O3. The van der Waals surface area contributed by atoms with Gasteiger partial charge in [0, 0.05) is 38.3 Å². The van der Waals surface area contributed by atoms with E-state index >= 15 is 0 Å². The molecule has 0 bridgehead atoms. The summed E-state index contributed by atoms with van der Waals surface area (Å²) in [6.07, 6.45) is 0. The summed E-state index contributed by atoms with van der Waals surface area (Å²) in [5.74, 6) is 1.28. The number of rotatable bonds is 4. The van der Waals surface area contributed by atoms with Gasteiger partial charge in [0.15, 0.2) is 0 Å². The van der Waals surface area contributed by atoms with Crippen molar-refractivity contribution in [3.05, 3.63) is 41.8 Å². The molecule has 1 saturated heterocycles. The average Bonchev–Trinajstić information content (AvgIpc) is 2.96. The first-order chi connectivity index (χ1) is 11.2. The van der Waals surface area contributed by atoms with Crippen LogP contribution in [0.25, 0.3) is 11.5 Å². The van der Waals surface area contributed by atoms with Crippen molar-refractivity contribution in [2.75, 3.05) is 32.8 Å². The van der Waals surface area contributed by atoms with E-state index in [1.807, 2.05) is 37.3 Å². The minimum atomic E-state index is -0.414. The molecule has 6 nitrogen and oxygen atoms in total. The summed E-state index contributed by atoms with van der Waals surface area (Å²) in [5, 5.41) is 8.91. The number of hydrogen-bond acceptors (Lipinski definition) is 5. The van der Waals surface area contributed by atoms with Gasteiger partial charge in [0.1, 0.15) is 12.4 Å². The predicted molar refractivity (Wildman–Crippen MR) is 85.6 cm³/mol. The lowest BCUT2D eigenvalue weighted by molar-refractivity contribution is -0.136. The molecule has 1 aliphatic rings. The Hall–Kier alpha value is -2.18. The van der Waals surface area contributed by atoms with E-state index in [1.54, 1.807) is 4.90 Å². The number of benzene rings is 1. The average molecular weight is 315 g/mol. The number of aryl methyl sites for hydroxylation is 1. The minimum Gasteiger partial charge on any atom is -0.441 e. The number of carbonyl (C=O) groups excluding carboxylic acids is 1. The molecule has 23 heavy (non-hydrogen) atoms. The van der Waals surface area contributed by atoms with E-state index in [0.29, 0.717) is 25.5 Å². The third kappa shape index (κ3) is 3.60. The van der Waals surface area contributed by atoms with Crippen molar-refractivity contribution in [2.24, 2.45) is 0 Å². The van der Waals surface area contributed by atoms with Crippen molar-refractivity contribution in [3.63, 3.8) is 0 Å². The van der Waals surface area contributed by atoms with Gasteiger partial charge in [0.25, 0.3) is 0 Å². The SMILES string of the molecule is Cc1oc(-c2ccccc2)nc1CN1CCN(C(=O)CO)CC1. The van der Waals surface area contributed by atoms with Crippen LogP contribution in [0.1, 0.15) is 11.5 Å². The van der Waals surface area contributed by atoms with Crippen LogP contribution < -0.4 is 0 Å². The van der Waals surface area contributed by atoms with Crippen LogP contribution in [0, 0.1) is 6.92 Å². The maximum Gasteiger partial charge on any atom is 0.248 e. The number of aliphatic hydroxyl groups is 1. The van der Waals surface area contributed by atoms with Gasteiger partial charge >= 0.3 is 0 Å². The molecule has 1 N–H and O–H groups in total. The smallest absolute Gasteiger partial charge is 0.248 e. The summed E-state index contributed by atoms with van der Waals surface area (Å²) in [5.41, 5.74) is 1.91. The lowest BCUT2D eigenvalue weighted by Gasteiger charge is -2.34. The quantitative estimate of drug-likeness (QED) is 0.920. The van der Waals surface area contributed by atoms with Crippen LogP contribution in [0.15, 0.2) is 34.7 Å². The highest BCUT2D eigenvalue weighted by atomic mass is 16.4. The first kappa shape index (κ1) is 15.7. The Balaban J connectivity index is 1.63. The lowest BCUT2D eigenvalue weighted by atomic mass is 10.2. The zero-order valence-electron chi connectivity index (χ0n) is 13.2. The van der Waals surface area contributed by atoms with Gasteiger partial charge in [-0.25, -0.2) is 4.98 Å². The molecule has 0 spiro atoms. The molecule has 3 rings (SSSR count). The summed E-state index contributed by atoms with van der Waals surface area (Å²) in [4.78, 5) is 20.0. The molecule has 1 aromatic carbocycles. The Labute approximate surface area is 135 Å². The fourth-order valence-electron chi connectivity index (χ4n) is 2.75. The molecule has 0 unspecified atom stereocenters. The lowest BCUT2D eigenvalue weighted by Crippen LogP contribution is -2.49. The van der Waals surface area contributed by atoms with Gasteiger partial charge in [-0.1, -0.05) is 18.2 Å². The number of aromatic nitrogens is 1. The molecule has 2 aromatic rings. The second-order valence-corrected chi connectivity index (χ2v) is 5.70. The summed E-state index contributed by atoms with van der Waals surface area (Å²) in [6.45, 7) is 5.06. The van der Waals surface area contributed by atoms with E-state index in [9.17, 15) is 4.79 Å². The Bertz CT molecular complexity index is 661. The Morgan fingerprint density at radius 3 is 2.57 bits per heavy atom. The summed E-state index contributed by atoms with van der Waals surface area (Å²) in [7, 11) is 0. The van der Waals surface area contributed by atoms with Crippen molar-refractivity contribution in [2.45, 2.75) is 13.5 Å². The molecule has 2 heterocycles. The number of carbonyl (C=O) groups is 1. The van der Waals surface area contributed by atoms with Crippen LogP contribution in [0.4, 0.5) is 0 Å². The second-order valence-electron chi connectivity index (χ2n) is 5.70. The van der Waals surface area contributed by atoms with Crippen LogP contribution in [-0.2, 0) is 11.3 Å². The molecule has 1 amide bonds. The predicted octanol–water partition coefficient (Wildman–Crippen LogP) is 1.29. The zero-order chi connectivity index (χ0) is 16.2. The van der Waals surface area contributed by atoms with Crippen LogP contribution in [0.5, 0.6) is 0 Å². The van der Waals surface area contributed by atoms with Crippen LogP contribution in [0.2, 0.25) is 0 Å². The van der Waals surface area contributed by atoms with Gasteiger partial charge in [-0.3, -0.25) is 9.69 Å². The molecular weight excluding hydrogens is 294 g/mol. The maximum atomic E-state index is 11.5. The van der Waals surface area contributed by atoms with Gasteiger partial charge < -0.3 is 14.4 Å². The highest BCUT2D eigenvalue weighted by Gasteiger charge is 2.22. The number of amides is 1. The van der Waals surface area contributed by atoms with Gasteiger partial charge in [0.05, 0.1) is 5.69 Å². The second kappa shape index (κ2) is 6.93. The van der Waals surface area contributed by atoms with Gasteiger partial charge in [0.2, 0.25) is 11.8 Å². The number of nitrogens with zero attached hydrogens (tertiary/aromatic N) is 3. The normalized spacial score (nSPS) is 15.8. The topological polar surface area (TPSA) is 69.8 Å². The molecule has 1 fully saturated rings. The zero-order valence-corrected chi connectivity index (χ0v) is 13.2. The maximum absolute atomic E-state index is 11.5. The molecule has 1 aliphatic heterocycles. The monoisotopic (exact) mass is 315 g/mol. The van der Waals surface area contributed by atoms with E-state index in [4.69, 9.17) is 9.52 Å². The minimum absolute atomic E-state index is 0.200. The first-order valence-electron chi connectivity index (χ1n) is 7.80. The van der Waals surface area contributed by atoms with E-state index in [2.05, 4.69) is 9.88 Å². The third-order valence-electron chi connectivity index (χ3n) is 4.15. The number of oxazole rings is 1. The van der Waals surface area contributed by atoms with Crippen LogP contribution in [0.3, 0.4) is 0 Å². The Kier molecular flexibility index (Phi) is 4.73. The molecule has 0 radical (unpaired) electrons.